The molecule has 0 bridgehead atoms. The number of carbonyl (C=O) groups is 3. The van der Waals surface area contributed by atoms with Gasteiger partial charge in [0.25, 0.3) is 11.8 Å². The van der Waals surface area contributed by atoms with Crippen LogP contribution in [-0.4, -0.2) is 42.8 Å². The average Bonchev–Trinajstić information content (AvgIpc) is 3.39. The molecule has 1 spiro atoms. The Morgan fingerprint density at radius 2 is 1.57 bits per heavy atom. The quantitative estimate of drug-likeness (QED) is 0.101. The third-order valence-corrected chi connectivity index (χ3v) is 9.37. The summed E-state index contributed by atoms with van der Waals surface area (Å²) in [5, 5.41) is 5.63. The molecule has 1 fully saturated rings. The van der Waals surface area contributed by atoms with Crippen molar-refractivity contribution in [1.29, 1.82) is 0 Å². The van der Waals surface area contributed by atoms with Gasteiger partial charge < -0.3 is 15.0 Å². The van der Waals surface area contributed by atoms with E-state index in [9.17, 15) is 14.4 Å². The van der Waals surface area contributed by atoms with Gasteiger partial charge in [0.2, 0.25) is 0 Å². The first-order valence-corrected chi connectivity index (χ1v) is 16.9. The molecule has 254 valence electrons. The molecule has 4 aromatic carbocycles. The molecule has 9 nitrogen and oxygen atoms in total. The maximum atomic E-state index is 14.1. The third-order valence-electron chi connectivity index (χ3n) is 9.37. The Kier molecular flexibility index (Phi) is 10.1. The minimum absolute atomic E-state index is 0.0152. The average molecular weight is 661 g/mol. The zero-order chi connectivity index (χ0) is 34.4. The number of rotatable bonds is 8. The Bertz CT molecular complexity index is 1790. The lowest BCUT2D eigenvalue weighted by Crippen LogP contribution is -2.45. The number of amides is 3. The fourth-order valence-corrected chi connectivity index (χ4v) is 7.04. The number of hydrogen-bond donors (Lipinski definition) is 3. The normalized spacial score (nSPS) is 18.8. The van der Waals surface area contributed by atoms with E-state index in [-0.39, 0.29) is 30.0 Å². The van der Waals surface area contributed by atoms with Gasteiger partial charge in [0.1, 0.15) is 12.3 Å². The van der Waals surface area contributed by atoms with Crippen LogP contribution < -0.4 is 21.0 Å². The van der Waals surface area contributed by atoms with Crippen LogP contribution in [0.25, 0.3) is 11.1 Å². The number of fused-ring (bicyclic) bond motifs is 1. The highest BCUT2D eigenvalue weighted by Crippen LogP contribution is 2.47. The van der Waals surface area contributed by atoms with Crippen LogP contribution in [-0.2, 0) is 16.0 Å². The maximum Gasteiger partial charge on any atom is 0.409 e. The molecular formula is C40H44N4O5. The minimum atomic E-state index is -0.586. The zero-order valence-corrected chi connectivity index (χ0v) is 28.3. The number of benzene rings is 4. The fourth-order valence-electron chi connectivity index (χ4n) is 7.04. The Morgan fingerprint density at radius 3 is 2.35 bits per heavy atom. The van der Waals surface area contributed by atoms with Gasteiger partial charge in [-0.25, -0.2) is 4.79 Å². The first-order valence-electron chi connectivity index (χ1n) is 16.9. The molecule has 3 amide bonds. The van der Waals surface area contributed by atoms with Gasteiger partial charge in [-0.15, -0.1) is 0 Å². The summed E-state index contributed by atoms with van der Waals surface area (Å²) < 4.78 is 5.29. The molecule has 1 aliphatic carbocycles. The fraction of sp³-hybridized carbons (Fsp3) is 0.325. The molecule has 0 radical (unpaired) electrons. The summed E-state index contributed by atoms with van der Waals surface area (Å²) in [7, 11) is 0. The lowest BCUT2D eigenvalue weighted by Gasteiger charge is -2.35. The standard InChI is InChI=1S/C40H44N4O5/c1-39(2,3)49-38(47)41-27-48-43-35-18-11-23-40(35)24-25-44(34-17-10-7-14-30(34)26-40)37(46)29-19-21-31(22-20-29)42-36(45)33-16-9-8-15-32(33)28-12-5-4-6-13-28/h4-10,12-17,19-22,35,43H,11,18,23-27H2,1-3H3,(H,41,47)(H,42,45). The Hall–Kier alpha value is -4.99. The van der Waals surface area contributed by atoms with Gasteiger partial charge in [0.15, 0.2) is 0 Å². The van der Waals surface area contributed by atoms with Gasteiger partial charge >= 0.3 is 6.09 Å². The number of nitrogens with one attached hydrogen (secondary N) is 3. The molecule has 4 aromatic rings. The van der Waals surface area contributed by atoms with Crippen LogP contribution in [0.2, 0.25) is 0 Å². The van der Waals surface area contributed by atoms with Crippen LogP contribution >= 0.6 is 0 Å². The van der Waals surface area contributed by atoms with E-state index >= 15 is 0 Å². The number of hydroxylamine groups is 1. The van der Waals surface area contributed by atoms with Crippen molar-refractivity contribution in [1.82, 2.24) is 10.8 Å². The van der Waals surface area contributed by atoms with Crippen molar-refractivity contribution in [2.24, 2.45) is 5.41 Å². The second-order valence-electron chi connectivity index (χ2n) is 13.8. The van der Waals surface area contributed by atoms with E-state index in [0.29, 0.717) is 23.4 Å². The van der Waals surface area contributed by atoms with Crippen molar-refractivity contribution in [2.75, 3.05) is 23.5 Å². The molecule has 3 N–H and O–H groups in total. The molecular weight excluding hydrogens is 616 g/mol. The smallest absolute Gasteiger partial charge is 0.409 e. The van der Waals surface area contributed by atoms with Gasteiger partial charge in [0, 0.05) is 35.1 Å². The van der Waals surface area contributed by atoms with Crippen LogP contribution in [0, 0.1) is 5.41 Å². The summed E-state index contributed by atoms with van der Waals surface area (Å²) in [6, 6.07) is 32.6. The van der Waals surface area contributed by atoms with Gasteiger partial charge in [0.05, 0.1) is 0 Å². The molecule has 1 saturated carbocycles. The summed E-state index contributed by atoms with van der Waals surface area (Å²) in [4.78, 5) is 47.1. The van der Waals surface area contributed by atoms with E-state index in [4.69, 9.17) is 9.57 Å². The van der Waals surface area contributed by atoms with Crippen molar-refractivity contribution in [3.8, 4) is 11.1 Å². The second kappa shape index (κ2) is 14.6. The molecule has 6 rings (SSSR count). The predicted molar refractivity (Wildman–Crippen MR) is 191 cm³/mol. The summed E-state index contributed by atoms with van der Waals surface area (Å²) in [6.07, 6.45) is 4.06. The van der Waals surface area contributed by atoms with Gasteiger partial charge in [-0.05, 0) is 105 Å². The second-order valence-corrected chi connectivity index (χ2v) is 13.8. The van der Waals surface area contributed by atoms with Gasteiger partial charge in [-0.3, -0.25) is 19.7 Å². The van der Waals surface area contributed by atoms with Crippen LogP contribution in [0.4, 0.5) is 16.2 Å². The minimum Gasteiger partial charge on any atom is -0.444 e. The topological polar surface area (TPSA) is 109 Å². The van der Waals surface area contributed by atoms with Crippen molar-refractivity contribution >= 4 is 29.3 Å². The maximum absolute atomic E-state index is 14.1. The highest BCUT2D eigenvalue weighted by Gasteiger charge is 2.45. The number of para-hydroxylation sites is 1. The number of nitrogens with zero attached hydrogens (tertiary/aromatic N) is 1. The van der Waals surface area contributed by atoms with E-state index in [0.717, 1.165) is 54.5 Å². The molecule has 0 aromatic heterocycles. The molecule has 2 aliphatic rings. The molecule has 1 aliphatic heterocycles. The SMILES string of the molecule is CC(C)(C)OC(=O)NCONC1CCCC12CCN(C(=O)c1ccc(NC(=O)c3ccccc3-c3ccccc3)cc1)c1ccccc1C2. The van der Waals surface area contributed by atoms with Crippen LogP contribution in [0.1, 0.15) is 72.7 Å². The van der Waals surface area contributed by atoms with Crippen LogP contribution in [0.15, 0.2) is 103 Å². The van der Waals surface area contributed by atoms with Crippen LogP contribution in [0.5, 0.6) is 0 Å². The van der Waals surface area contributed by atoms with Crippen LogP contribution in [0.3, 0.4) is 0 Å². The molecule has 2 unspecified atom stereocenters. The van der Waals surface area contributed by atoms with Crippen molar-refractivity contribution in [2.45, 2.75) is 64.5 Å². The lowest BCUT2D eigenvalue weighted by molar-refractivity contribution is -0.0281. The Morgan fingerprint density at radius 1 is 0.857 bits per heavy atom. The van der Waals surface area contributed by atoms with Crippen molar-refractivity contribution in [3.05, 3.63) is 120 Å². The summed E-state index contributed by atoms with van der Waals surface area (Å²) in [5.41, 5.74) is 8.13. The number of hydrogen-bond acceptors (Lipinski definition) is 6. The largest absolute Gasteiger partial charge is 0.444 e. The summed E-state index contributed by atoms with van der Waals surface area (Å²) in [5.74, 6) is -0.299. The number of anilines is 2. The molecule has 9 heteroatoms. The van der Waals surface area contributed by atoms with Gasteiger partial charge in [-0.1, -0.05) is 73.2 Å². The highest BCUT2D eigenvalue weighted by atomic mass is 16.7. The Labute approximate surface area is 288 Å². The lowest BCUT2D eigenvalue weighted by atomic mass is 9.75. The van der Waals surface area contributed by atoms with E-state index in [1.54, 1.807) is 24.3 Å². The summed E-state index contributed by atoms with van der Waals surface area (Å²) in [6.45, 7) is 5.98. The molecule has 2 atom stereocenters. The Balaban J connectivity index is 1.12. The molecule has 49 heavy (non-hydrogen) atoms. The molecule has 1 heterocycles. The highest BCUT2D eigenvalue weighted by molar-refractivity contribution is 6.10. The van der Waals surface area contributed by atoms with E-state index in [1.165, 1.54) is 0 Å². The number of carbonyl (C=O) groups excluding carboxylic acids is 3. The molecule has 0 saturated heterocycles. The first-order chi connectivity index (χ1) is 23.6. The zero-order valence-electron chi connectivity index (χ0n) is 28.3. The predicted octanol–water partition coefficient (Wildman–Crippen LogP) is 7.74. The summed E-state index contributed by atoms with van der Waals surface area (Å²) >= 11 is 0. The van der Waals surface area contributed by atoms with E-state index in [1.807, 2.05) is 98.5 Å². The third kappa shape index (κ3) is 8.01. The van der Waals surface area contributed by atoms with E-state index < -0.39 is 11.7 Å². The number of alkyl carbamates (subject to hydrolysis) is 1. The first kappa shape index (κ1) is 33.9. The van der Waals surface area contributed by atoms with Crippen molar-refractivity contribution in [3.63, 3.8) is 0 Å². The number of ether oxygens (including phenoxy) is 1. The monoisotopic (exact) mass is 660 g/mol. The van der Waals surface area contributed by atoms with E-state index in [2.05, 4.69) is 22.2 Å². The van der Waals surface area contributed by atoms with Crippen molar-refractivity contribution < 1.29 is 24.0 Å². The van der Waals surface area contributed by atoms with Gasteiger partial charge in [-0.2, -0.15) is 5.48 Å².